The lowest BCUT2D eigenvalue weighted by Crippen LogP contribution is -2.45. The highest BCUT2D eigenvalue weighted by atomic mass is 16.5. The summed E-state index contributed by atoms with van der Waals surface area (Å²) in [5.74, 6) is 0. The summed E-state index contributed by atoms with van der Waals surface area (Å²) in [5.41, 5.74) is 1.43. The fraction of sp³-hybridized carbons (Fsp3) is 0.588. The molecule has 0 atom stereocenters. The Morgan fingerprint density at radius 2 is 1.95 bits per heavy atom. The summed E-state index contributed by atoms with van der Waals surface area (Å²) in [6.45, 7) is 5.31. The first-order chi connectivity index (χ1) is 10.1. The van der Waals surface area contributed by atoms with E-state index in [9.17, 15) is 4.79 Å². The molecule has 1 saturated heterocycles. The van der Waals surface area contributed by atoms with Crippen molar-refractivity contribution in [3.8, 4) is 0 Å². The molecule has 2 rings (SSSR count). The van der Waals surface area contributed by atoms with Crippen LogP contribution in [0, 0.1) is 5.41 Å². The van der Waals surface area contributed by atoms with Crippen LogP contribution < -0.4 is 5.32 Å². The molecule has 1 aliphatic rings. The third kappa shape index (κ3) is 5.05. The summed E-state index contributed by atoms with van der Waals surface area (Å²) < 4.78 is 5.40. The second kappa shape index (κ2) is 7.46. The topological polar surface area (TPSA) is 41.6 Å². The fourth-order valence-electron chi connectivity index (χ4n) is 2.76. The van der Waals surface area contributed by atoms with Crippen molar-refractivity contribution in [2.75, 3.05) is 33.4 Å². The van der Waals surface area contributed by atoms with Gasteiger partial charge in [-0.1, -0.05) is 37.3 Å². The molecule has 21 heavy (non-hydrogen) atoms. The third-order valence-corrected chi connectivity index (χ3v) is 4.20. The van der Waals surface area contributed by atoms with Crippen molar-refractivity contribution in [2.24, 2.45) is 5.41 Å². The van der Waals surface area contributed by atoms with Crippen molar-refractivity contribution in [1.29, 1.82) is 0 Å². The SMILES string of the molecule is CN(CC1(C)CCOCC1)C(=O)NCCc1ccccc1. The van der Waals surface area contributed by atoms with Gasteiger partial charge >= 0.3 is 6.03 Å². The van der Waals surface area contributed by atoms with Gasteiger partial charge in [-0.25, -0.2) is 4.79 Å². The Hall–Kier alpha value is -1.55. The zero-order valence-electron chi connectivity index (χ0n) is 13.1. The lowest BCUT2D eigenvalue weighted by Gasteiger charge is -2.36. The zero-order valence-corrected chi connectivity index (χ0v) is 13.1. The summed E-state index contributed by atoms with van der Waals surface area (Å²) in [6, 6.07) is 10.2. The van der Waals surface area contributed by atoms with Crippen molar-refractivity contribution in [1.82, 2.24) is 10.2 Å². The van der Waals surface area contributed by atoms with Crippen molar-refractivity contribution in [3.63, 3.8) is 0 Å². The molecule has 1 aromatic carbocycles. The highest BCUT2D eigenvalue weighted by molar-refractivity contribution is 5.73. The van der Waals surface area contributed by atoms with E-state index < -0.39 is 0 Å². The van der Waals surface area contributed by atoms with Gasteiger partial charge in [-0.05, 0) is 30.2 Å². The average molecular weight is 290 g/mol. The second-order valence-corrected chi connectivity index (χ2v) is 6.25. The summed E-state index contributed by atoms with van der Waals surface area (Å²) in [5, 5.41) is 2.99. The van der Waals surface area contributed by atoms with E-state index in [1.807, 2.05) is 25.2 Å². The lowest BCUT2D eigenvalue weighted by atomic mass is 9.82. The number of nitrogens with zero attached hydrogens (tertiary/aromatic N) is 1. The molecule has 0 spiro atoms. The van der Waals surface area contributed by atoms with Gasteiger partial charge in [0.1, 0.15) is 0 Å². The maximum atomic E-state index is 12.1. The Kier molecular flexibility index (Phi) is 5.62. The van der Waals surface area contributed by atoms with E-state index in [2.05, 4.69) is 24.4 Å². The minimum Gasteiger partial charge on any atom is -0.381 e. The minimum atomic E-state index is 0.0126. The summed E-state index contributed by atoms with van der Waals surface area (Å²) >= 11 is 0. The van der Waals surface area contributed by atoms with Crippen LogP contribution in [0.15, 0.2) is 30.3 Å². The van der Waals surface area contributed by atoms with Crippen LogP contribution in [-0.4, -0.2) is 44.3 Å². The smallest absolute Gasteiger partial charge is 0.317 e. The number of rotatable bonds is 5. The first-order valence-corrected chi connectivity index (χ1v) is 7.70. The van der Waals surface area contributed by atoms with Gasteiger partial charge in [-0.3, -0.25) is 0 Å². The lowest BCUT2D eigenvalue weighted by molar-refractivity contribution is 0.0134. The van der Waals surface area contributed by atoms with E-state index in [0.717, 1.165) is 39.0 Å². The number of hydrogen-bond donors (Lipinski definition) is 1. The van der Waals surface area contributed by atoms with E-state index in [-0.39, 0.29) is 11.4 Å². The summed E-state index contributed by atoms with van der Waals surface area (Å²) in [4.78, 5) is 13.9. The van der Waals surface area contributed by atoms with Gasteiger partial charge in [0.05, 0.1) is 0 Å². The summed E-state index contributed by atoms with van der Waals surface area (Å²) in [7, 11) is 1.87. The van der Waals surface area contributed by atoms with Crippen LogP contribution in [-0.2, 0) is 11.2 Å². The van der Waals surface area contributed by atoms with Crippen LogP contribution >= 0.6 is 0 Å². The van der Waals surface area contributed by atoms with Crippen molar-refractivity contribution < 1.29 is 9.53 Å². The molecule has 0 unspecified atom stereocenters. The number of benzene rings is 1. The van der Waals surface area contributed by atoms with Gasteiger partial charge in [0, 0.05) is 33.4 Å². The third-order valence-electron chi connectivity index (χ3n) is 4.20. The molecule has 0 aliphatic carbocycles. The molecule has 2 amide bonds. The van der Waals surface area contributed by atoms with E-state index in [4.69, 9.17) is 4.74 Å². The molecule has 0 aromatic heterocycles. The van der Waals surface area contributed by atoms with Crippen LogP contribution in [0.3, 0.4) is 0 Å². The Bertz CT molecular complexity index is 441. The Morgan fingerprint density at radius 1 is 1.29 bits per heavy atom. The van der Waals surface area contributed by atoms with Crippen LogP contribution in [0.4, 0.5) is 4.79 Å². The maximum absolute atomic E-state index is 12.1. The summed E-state index contributed by atoms with van der Waals surface area (Å²) in [6.07, 6.45) is 2.91. The number of amides is 2. The molecule has 4 nitrogen and oxygen atoms in total. The van der Waals surface area contributed by atoms with Gasteiger partial charge < -0.3 is 15.0 Å². The van der Waals surface area contributed by atoms with Crippen LogP contribution in [0.5, 0.6) is 0 Å². The van der Waals surface area contributed by atoms with Crippen LogP contribution in [0.1, 0.15) is 25.3 Å². The number of carbonyl (C=O) groups excluding carboxylic acids is 1. The van der Waals surface area contributed by atoms with Crippen LogP contribution in [0.25, 0.3) is 0 Å². The van der Waals surface area contributed by atoms with Gasteiger partial charge in [0.2, 0.25) is 0 Å². The predicted octanol–water partition coefficient (Wildman–Crippen LogP) is 2.69. The van der Waals surface area contributed by atoms with Gasteiger partial charge in [0.15, 0.2) is 0 Å². The molecule has 4 heteroatoms. The largest absolute Gasteiger partial charge is 0.381 e. The fourth-order valence-corrected chi connectivity index (χ4v) is 2.76. The first-order valence-electron chi connectivity index (χ1n) is 7.70. The molecule has 1 aliphatic heterocycles. The van der Waals surface area contributed by atoms with E-state index in [1.54, 1.807) is 4.90 Å². The molecule has 0 saturated carbocycles. The molecule has 1 N–H and O–H groups in total. The molecule has 116 valence electrons. The van der Waals surface area contributed by atoms with Crippen LogP contribution in [0.2, 0.25) is 0 Å². The monoisotopic (exact) mass is 290 g/mol. The highest BCUT2D eigenvalue weighted by Crippen LogP contribution is 2.30. The molecular weight excluding hydrogens is 264 g/mol. The Balaban J connectivity index is 1.72. The minimum absolute atomic E-state index is 0.0126. The number of carbonyl (C=O) groups is 1. The van der Waals surface area contributed by atoms with Gasteiger partial charge in [-0.2, -0.15) is 0 Å². The highest BCUT2D eigenvalue weighted by Gasteiger charge is 2.29. The number of urea groups is 1. The average Bonchev–Trinajstić information content (AvgIpc) is 2.48. The molecule has 1 aromatic rings. The quantitative estimate of drug-likeness (QED) is 0.906. The number of ether oxygens (including phenoxy) is 1. The number of hydrogen-bond acceptors (Lipinski definition) is 2. The Labute approximate surface area is 127 Å². The molecular formula is C17H26N2O2. The molecule has 1 heterocycles. The first kappa shape index (κ1) is 15.8. The molecule has 0 bridgehead atoms. The number of nitrogens with one attached hydrogen (secondary N) is 1. The van der Waals surface area contributed by atoms with Gasteiger partial charge in [0.25, 0.3) is 0 Å². The normalized spacial score (nSPS) is 17.2. The van der Waals surface area contributed by atoms with Gasteiger partial charge in [-0.15, -0.1) is 0 Å². The second-order valence-electron chi connectivity index (χ2n) is 6.25. The van der Waals surface area contributed by atoms with Crippen molar-refractivity contribution >= 4 is 6.03 Å². The van der Waals surface area contributed by atoms with E-state index in [0.29, 0.717) is 6.54 Å². The van der Waals surface area contributed by atoms with E-state index in [1.165, 1.54) is 5.56 Å². The van der Waals surface area contributed by atoms with Crippen molar-refractivity contribution in [2.45, 2.75) is 26.2 Å². The zero-order chi connectivity index (χ0) is 15.1. The maximum Gasteiger partial charge on any atom is 0.317 e. The standard InChI is InChI=1S/C17H26N2O2/c1-17(9-12-21-13-10-17)14-19(2)16(20)18-11-8-15-6-4-3-5-7-15/h3-7H,8-14H2,1-2H3,(H,18,20). The predicted molar refractivity (Wildman–Crippen MR) is 84.3 cm³/mol. The van der Waals surface area contributed by atoms with E-state index >= 15 is 0 Å². The molecule has 0 radical (unpaired) electrons. The Morgan fingerprint density at radius 3 is 2.62 bits per heavy atom. The molecule has 1 fully saturated rings. The van der Waals surface area contributed by atoms with Crippen molar-refractivity contribution in [3.05, 3.63) is 35.9 Å².